The number of carbonyl (C=O) groups is 1. The van der Waals surface area contributed by atoms with Gasteiger partial charge in [0.15, 0.2) is 0 Å². The molecule has 19 heavy (non-hydrogen) atoms. The molecule has 1 aromatic carbocycles. The number of amides is 1. The average Bonchev–Trinajstić information content (AvgIpc) is 2.39. The minimum Gasteiger partial charge on any atom is -0.506 e. The van der Waals surface area contributed by atoms with Crippen LogP contribution in [0.15, 0.2) is 18.2 Å². The van der Waals surface area contributed by atoms with E-state index in [0.29, 0.717) is 11.4 Å². The second kappa shape index (κ2) is 7.67. The van der Waals surface area contributed by atoms with Gasteiger partial charge >= 0.3 is 0 Å². The van der Waals surface area contributed by atoms with Crippen molar-refractivity contribution in [3.05, 3.63) is 18.2 Å². The molecule has 0 aliphatic rings. The van der Waals surface area contributed by atoms with Crippen LogP contribution in [-0.4, -0.2) is 11.0 Å². The Bertz CT molecular complexity index is 419. The van der Waals surface area contributed by atoms with Crippen molar-refractivity contribution in [2.45, 2.75) is 46.0 Å². The van der Waals surface area contributed by atoms with Crippen LogP contribution in [0.2, 0.25) is 0 Å². The van der Waals surface area contributed by atoms with E-state index in [1.165, 1.54) is 6.07 Å². The van der Waals surface area contributed by atoms with E-state index >= 15 is 0 Å². The van der Waals surface area contributed by atoms with Crippen LogP contribution in [0.25, 0.3) is 0 Å². The molecule has 1 rings (SSSR count). The Morgan fingerprint density at radius 2 is 2.11 bits per heavy atom. The molecule has 1 atom stereocenters. The lowest BCUT2D eigenvalue weighted by Gasteiger charge is -2.15. The summed E-state index contributed by atoms with van der Waals surface area (Å²) in [5, 5.41) is 12.3. The zero-order chi connectivity index (χ0) is 14.3. The fourth-order valence-corrected chi connectivity index (χ4v) is 2.03. The topological polar surface area (TPSA) is 75.4 Å². The number of benzene rings is 1. The molecule has 1 aromatic rings. The van der Waals surface area contributed by atoms with Crippen molar-refractivity contribution in [2.24, 2.45) is 5.92 Å². The van der Waals surface area contributed by atoms with E-state index in [2.05, 4.69) is 12.2 Å². The van der Waals surface area contributed by atoms with Crippen LogP contribution < -0.4 is 11.1 Å². The maximum atomic E-state index is 12.1. The highest BCUT2D eigenvalue weighted by Crippen LogP contribution is 2.24. The first-order valence-corrected chi connectivity index (χ1v) is 6.97. The van der Waals surface area contributed by atoms with Gasteiger partial charge in [0.2, 0.25) is 5.91 Å². The van der Waals surface area contributed by atoms with Gasteiger partial charge in [-0.25, -0.2) is 0 Å². The monoisotopic (exact) mass is 264 g/mol. The Morgan fingerprint density at radius 3 is 2.68 bits per heavy atom. The average molecular weight is 264 g/mol. The van der Waals surface area contributed by atoms with E-state index < -0.39 is 0 Å². The predicted octanol–water partition coefficient (Wildman–Crippen LogP) is 3.52. The number of phenolic OH excluding ortho intramolecular Hbond substituents is 1. The smallest absolute Gasteiger partial charge is 0.227 e. The summed E-state index contributed by atoms with van der Waals surface area (Å²) in [7, 11) is 0. The molecule has 0 bridgehead atoms. The van der Waals surface area contributed by atoms with Crippen molar-refractivity contribution in [3.63, 3.8) is 0 Å². The second-order valence-corrected chi connectivity index (χ2v) is 4.86. The van der Waals surface area contributed by atoms with Crippen LogP contribution in [0.4, 0.5) is 11.4 Å². The maximum Gasteiger partial charge on any atom is 0.227 e. The summed E-state index contributed by atoms with van der Waals surface area (Å²) in [5.41, 5.74) is 6.43. The lowest BCUT2D eigenvalue weighted by molar-refractivity contribution is -0.120. The quantitative estimate of drug-likeness (QED) is 0.400. The number of nitrogens with two attached hydrogens (primary N) is 1. The van der Waals surface area contributed by atoms with Gasteiger partial charge in [-0.05, 0) is 25.0 Å². The van der Waals surface area contributed by atoms with Gasteiger partial charge in [-0.15, -0.1) is 0 Å². The molecule has 1 unspecified atom stereocenters. The molecular formula is C15H24N2O2. The molecule has 0 saturated carbocycles. The Hall–Kier alpha value is -1.71. The van der Waals surface area contributed by atoms with E-state index in [9.17, 15) is 9.90 Å². The van der Waals surface area contributed by atoms with Crippen molar-refractivity contribution in [1.82, 2.24) is 0 Å². The minimum atomic E-state index is -0.00293. The van der Waals surface area contributed by atoms with Gasteiger partial charge < -0.3 is 16.2 Å². The predicted molar refractivity (Wildman–Crippen MR) is 79.1 cm³/mol. The number of hydrogen-bond donors (Lipinski definition) is 3. The van der Waals surface area contributed by atoms with E-state index in [0.717, 1.165) is 32.1 Å². The number of rotatable bonds is 7. The highest BCUT2D eigenvalue weighted by molar-refractivity contribution is 5.93. The Morgan fingerprint density at radius 1 is 1.37 bits per heavy atom. The van der Waals surface area contributed by atoms with Crippen molar-refractivity contribution in [3.8, 4) is 5.75 Å². The summed E-state index contributed by atoms with van der Waals surface area (Å²) in [4.78, 5) is 12.1. The first kappa shape index (κ1) is 15.3. The number of carbonyl (C=O) groups excluding carboxylic acids is 1. The zero-order valence-electron chi connectivity index (χ0n) is 11.8. The van der Waals surface area contributed by atoms with Crippen LogP contribution >= 0.6 is 0 Å². The van der Waals surface area contributed by atoms with Gasteiger partial charge in [0.05, 0.1) is 5.69 Å². The molecule has 0 aromatic heterocycles. The molecule has 0 heterocycles. The standard InChI is InChI=1S/C15H24N2O2/c1-3-5-6-7-11(4-2)15(19)17-12-8-9-13(16)14(18)10-12/h8-11,18H,3-7,16H2,1-2H3,(H,17,19). The molecule has 0 saturated heterocycles. The van der Waals surface area contributed by atoms with Crippen LogP contribution in [0.1, 0.15) is 46.0 Å². The molecule has 4 N–H and O–H groups in total. The van der Waals surface area contributed by atoms with Crippen molar-refractivity contribution in [2.75, 3.05) is 11.1 Å². The zero-order valence-corrected chi connectivity index (χ0v) is 11.8. The van der Waals surface area contributed by atoms with Crippen LogP contribution in [0, 0.1) is 5.92 Å². The van der Waals surface area contributed by atoms with Crippen molar-refractivity contribution < 1.29 is 9.90 Å². The molecule has 0 spiro atoms. The molecular weight excluding hydrogens is 240 g/mol. The third-order valence-corrected chi connectivity index (χ3v) is 3.32. The van der Waals surface area contributed by atoms with Crippen molar-refractivity contribution >= 4 is 17.3 Å². The van der Waals surface area contributed by atoms with Crippen LogP contribution in [-0.2, 0) is 4.79 Å². The molecule has 4 heteroatoms. The van der Waals surface area contributed by atoms with E-state index in [1.807, 2.05) is 6.92 Å². The SMILES string of the molecule is CCCCCC(CC)C(=O)Nc1ccc(N)c(O)c1. The summed E-state index contributed by atoms with van der Waals surface area (Å²) in [6.45, 7) is 4.18. The number of aromatic hydroxyl groups is 1. The van der Waals surface area contributed by atoms with Gasteiger partial charge in [0.25, 0.3) is 0 Å². The lowest BCUT2D eigenvalue weighted by atomic mass is 9.97. The highest BCUT2D eigenvalue weighted by atomic mass is 16.3. The van der Waals surface area contributed by atoms with Gasteiger partial charge in [0.1, 0.15) is 5.75 Å². The van der Waals surface area contributed by atoms with E-state index in [-0.39, 0.29) is 17.6 Å². The van der Waals surface area contributed by atoms with E-state index in [1.54, 1.807) is 12.1 Å². The second-order valence-electron chi connectivity index (χ2n) is 4.86. The first-order chi connectivity index (χ1) is 9.08. The largest absolute Gasteiger partial charge is 0.506 e. The van der Waals surface area contributed by atoms with E-state index in [4.69, 9.17) is 5.73 Å². The van der Waals surface area contributed by atoms with Gasteiger partial charge in [-0.3, -0.25) is 4.79 Å². The molecule has 106 valence electrons. The Balaban J connectivity index is 2.58. The molecule has 0 radical (unpaired) electrons. The summed E-state index contributed by atoms with van der Waals surface area (Å²) in [6, 6.07) is 4.76. The van der Waals surface area contributed by atoms with Gasteiger partial charge in [0, 0.05) is 17.7 Å². The summed E-state index contributed by atoms with van der Waals surface area (Å²) in [5.74, 6) is 0.0471. The minimum absolute atomic E-state index is 0.00293. The fraction of sp³-hybridized carbons (Fsp3) is 0.533. The first-order valence-electron chi connectivity index (χ1n) is 6.97. The summed E-state index contributed by atoms with van der Waals surface area (Å²) >= 11 is 0. The van der Waals surface area contributed by atoms with Crippen molar-refractivity contribution in [1.29, 1.82) is 0 Å². The van der Waals surface area contributed by atoms with Crippen LogP contribution in [0.5, 0.6) is 5.75 Å². The summed E-state index contributed by atoms with van der Waals surface area (Å²) in [6.07, 6.45) is 5.14. The molecule has 0 aliphatic heterocycles. The molecule has 0 fully saturated rings. The Kier molecular flexibility index (Phi) is 6.19. The lowest BCUT2D eigenvalue weighted by Crippen LogP contribution is -2.22. The number of hydrogen-bond acceptors (Lipinski definition) is 3. The fourth-order valence-electron chi connectivity index (χ4n) is 2.03. The van der Waals surface area contributed by atoms with Gasteiger partial charge in [-0.1, -0.05) is 33.1 Å². The number of nitrogen functional groups attached to an aromatic ring is 1. The third-order valence-electron chi connectivity index (χ3n) is 3.32. The van der Waals surface area contributed by atoms with Gasteiger partial charge in [-0.2, -0.15) is 0 Å². The Labute approximate surface area is 115 Å². The molecule has 4 nitrogen and oxygen atoms in total. The van der Waals surface area contributed by atoms with Crippen LogP contribution in [0.3, 0.4) is 0 Å². The molecule has 1 amide bonds. The number of unbranched alkanes of at least 4 members (excludes halogenated alkanes) is 2. The number of anilines is 2. The molecule has 0 aliphatic carbocycles. The highest BCUT2D eigenvalue weighted by Gasteiger charge is 2.16. The number of nitrogens with one attached hydrogen (secondary N) is 1. The third kappa shape index (κ3) is 4.81. The normalized spacial score (nSPS) is 12.1. The number of phenols is 1. The maximum absolute atomic E-state index is 12.1. The summed E-state index contributed by atoms with van der Waals surface area (Å²) < 4.78 is 0.